The molecule has 1 aliphatic heterocycles. The fraction of sp³-hybridized carbons (Fsp3) is 0.409. The molecule has 1 saturated heterocycles. The van der Waals surface area contributed by atoms with Crippen LogP contribution in [0.5, 0.6) is 5.75 Å². The maximum Gasteiger partial charge on any atom is 0.219 e. The van der Waals surface area contributed by atoms with Crippen LogP contribution in [0.4, 0.5) is 4.39 Å². The molecule has 28 heavy (non-hydrogen) atoms. The van der Waals surface area contributed by atoms with Gasteiger partial charge in [-0.15, -0.1) is 0 Å². The van der Waals surface area contributed by atoms with Crippen LogP contribution in [0, 0.1) is 11.7 Å². The summed E-state index contributed by atoms with van der Waals surface area (Å²) in [5.41, 5.74) is 1.47. The summed E-state index contributed by atoms with van der Waals surface area (Å²) in [6.07, 6.45) is 2.08. The fourth-order valence-electron chi connectivity index (χ4n) is 3.44. The molecule has 1 heterocycles. The summed E-state index contributed by atoms with van der Waals surface area (Å²) in [6, 6.07) is 12.4. The van der Waals surface area contributed by atoms with E-state index in [-0.39, 0.29) is 18.3 Å². The largest absolute Gasteiger partial charge is 0.489 e. The van der Waals surface area contributed by atoms with Gasteiger partial charge in [-0.2, -0.15) is 0 Å². The number of amides is 1. The quantitative estimate of drug-likeness (QED) is 0.743. The fourth-order valence-corrected chi connectivity index (χ4v) is 3.66. The molecule has 0 aliphatic carbocycles. The molecule has 1 aliphatic rings. The molecule has 150 valence electrons. The second-order valence-corrected chi connectivity index (χ2v) is 7.62. The van der Waals surface area contributed by atoms with Gasteiger partial charge < -0.3 is 15.0 Å². The predicted octanol–water partition coefficient (Wildman–Crippen LogP) is 4.41. The Labute approximate surface area is 170 Å². The highest BCUT2D eigenvalue weighted by Crippen LogP contribution is 2.22. The Kier molecular flexibility index (Phi) is 7.29. The van der Waals surface area contributed by atoms with Crippen molar-refractivity contribution in [2.24, 2.45) is 5.92 Å². The Balaban J connectivity index is 1.45. The minimum absolute atomic E-state index is 0.0944. The van der Waals surface area contributed by atoms with Crippen molar-refractivity contribution >= 4 is 17.5 Å². The van der Waals surface area contributed by atoms with Gasteiger partial charge in [0, 0.05) is 32.1 Å². The number of nitrogens with one attached hydrogen (secondary N) is 1. The number of rotatable bonds is 7. The van der Waals surface area contributed by atoms with Crippen LogP contribution in [0.25, 0.3) is 0 Å². The van der Waals surface area contributed by atoms with Crippen molar-refractivity contribution in [1.29, 1.82) is 0 Å². The van der Waals surface area contributed by atoms with Crippen LogP contribution in [0.1, 0.15) is 30.9 Å². The highest BCUT2D eigenvalue weighted by Gasteiger charge is 2.20. The van der Waals surface area contributed by atoms with E-state index in [9.17, 15) is 9.18 Å². The first kappa shape index (κ1) is 20.6. The first-order valence-corrected chi connectivity index (χ1v) is 10.0. The Morgan fingerprint density at radius 2 is 2.00 bits per heavy atom. The molecule has 3 rings (SSSR count). The van der Waals surface area contributed by atoms with Gasteiger partial charge in [0.2, 0.25) is 5.91 Å². The van der Waals surface area contributed by atoms with Crippen LogP contribution in [-0.4, -0.2) is 30.4 Å². The summed E-state index contributed by atoms with van der Waals surface area (Å²) < 4.78 is 19.6. The van der Waals surface area contributed by atoms with Crippen LogP contribution in [-0.2, 0) is 17.9 Å². The van der Waals surface area contributed by atoms with E-state index in [2.05, 4.69) is 5.32 Å². The molecule has 0 radical (unpaired) electrons. The number of hydrogen-bond donors (Lipinski definition) is 1. The second-order valence-electron chi connectivity index (χ2n) is 7.22. The van der Waals surface area contributed by atoms with Gasteiger partial charge in [0.15, 0.2) is 0 Å². The maximum absolute atomic E-state index is 13.8. The van der Waals surface area contributed by atoms with Crippen molar-refractivity contribution in [3.8, 4) is 5.75 Å². The molecule has 0 aromatic heterocycles. The standard InChI is InChI=1S/C22H26ClFN2O2/c1-16(27)26-10-8-17(9-11-26)13-25-14-18-4-2-5-19(12-18)28-15-20-21(23)6-3-7-22(20)24/h2-7,12,17,25H,8-11,13-15H2,1H3. The van der Waals surface area contributed by atoms with Gasteiger partial charge in [0.1, 0.15) is 18.2 Å². The minimum atomic E-state index is -0.360. The molecular weight excluding hydrogens is 379 g/mol. The van der Waals surface area contributed by atoms with E-state index >= 15 is 0 Å². The van der Waals surface area contributed by atoms with Gasteiger partial charge in [0.25, 0.3) is 0 Å². The molecule has 0 atom stereocenters. The van der Waals surface area contributed by atoms with Gasteiger partial charge >= 0.3 is 0 Å². The monoisotopic (exact) mass is 404 g/mol. The average molecular weight is 405 g/mol. The van der Waals surface area contributed by atoms with Crippen molar-refractivity contribution < 1.29 is 13.9 Å². The van der Waals surface area contributed by atoms with Gasteiger partial charge in [-0.1, -0.05) is 29.8 Å². The van der Waals surface area contributed by atoms with Crippen LogP contribution >= 0.6 is 11.6 Å². The molecule has 0 unspecified atom stereocenters. The van der Waals surface area contributed by atoms with E-state index in [0.717, 1.165) is 44.6 Å². The van der Waals surface area contributed by atoms with E-state index in [4.69, 9.17) is 16.3 Å². The second kappa shape index (κ2) is 9.89. The summed E-state index contributed by atoms with van der Waals surface area (Å²) in [7, 11) is 0. The van der Waals surface area contributed by atoms with Crippen molar-refractivity contribution in [2.45, 2.75) is 32.9 Å². The normalized spacial score (nSPS) is 14.9. The summed E-state index contributed by atoms with van der Waals surface area (Å²) in [4.78, 5) is 13.3. The lowest BCUT2D eigenvalue weighted by Gasteiger charge is -2.31. The summed E-state index contributed by atoms with van der Waals surface area (Å²) in [5.74, 6) is 1.09. The Morgan fingerprint density at radius 3 is 2.71 bits per heavy atom. The molecule has 0 saturated carbocycles. The van der Waals surface area contributed by atoms with Gasteiger partial charge in [-0.3, -0.25) is 4.79 Å². The number of carbonyl (C=O) groups excluding carboxylic acids is 1. The lowest BCUT2D eigenvalue weighted by Crippen LogP contribution is -2.39. The third-order valence-corrected chi connectivity index (χ3v) is 5.52. The minimum Gasteiger partial charge on any atom is -0.489 e. The molecule has 1 fully saturated rings. The Hall–Kier alpha value is -2.11. The molecule has 4 nitrogen and oxygen atoms in total. The van der Waals surface area contributed by atoms with Gasteiger partial charge in [0.05, 0.1) is 5.02 Å². The average Bonchev–Trinajstić information content (AvgIpc) is 2.68. The van der Waals surface area contributed by atoms with Crippen LogP contribution in [0.15, 0.2) is 42.5 Å². The summed E-state index contributed by atoms with van der Waals surface area (Å²) >= 11 is 6.04. The number of benzene rings is 2. The number of halogens is 2. The highest BCUT2D eigenvalue weighted by atomic mass is 35.5. The molecule has 2 aromatic carbocycles. The lowest BCUT2D eigenvalue weighted by molar-refractivity contribution is -0.130. The first-order chi connectivity index (χ1) is 13.5. The van der Waals surface area contributed by atoms with Crippen molar-refractivity contribution in [3.63, 3.8) is 0 Å². The first-order valence-electron chi connectivity index (χ1n) is 9.64. The third-order valence-electron chi connectivity index (χ3n) is 5.17. The van der Waals surface area contributed by atoms with Gasteiger partial charge in [-0.05, 0) is 55.1 Å². The number of carbonyl (C=O) groups is 1. The highest BCUT2D eigenvalue weighted by molar-refractivity contribution is 6.31. The topological polar surface area (TPSA) is 41.6 Å². The SMILES string of the molecule is CC(=O)N1CCC(CNCc2cccc(OCc3c(F)cccc3Cl)c2)CC1. The molecule has 1 N–H and O–H groups in total. The number of nitrogens with zero attached hydrogens (tertiary/aromatic N) is 1. The van der Waals surface area contributed by atoms with E-state index in [1.807, 2.05) is 29.2 Å². The Bertz CT molecular complexity index is 787. The zero-order valence-electron chi connectivity index (χ0n) is 16.1. The number of ether oxygens (including phenoxy) is 1. The van der Waals surface area contributed by atoms with Crippen molar-refractivity contribution in [1.82, 2.24) is 10.2 Å². The summed E-state index contributed by atoms with van der Waals surface area (Å²) in [5, 5.41) is 3.86. The van der Waals surface area contributed by atoms with E-state index in [0.29, 0.717) is 22.3 Å². The third kappa shape index (κ3) is 5.69. The number of hydrogen-bond acceptors (Lipinski definition) is 3. The molecule has 0 spiro atoms. The van der Waals surface area contributed by atoms with E-state index < -0.39 is 0 Å². The van der Waals surface area contributed by atoms with E-state index in [1.54, 1.807) is 19.1 Å². The van der Waals surface area contributed by atoms with Gasteiger partial charge in [-0.25, -0.2) is 4.39 Å². The zero-order chi connectivity index (χ0) is 19.9. The number of likely N-dealkylation sites (tertiary alicyclic amines) is 1. The molecular formula is C22H26ClFN2O2. The van der Waals surface area contributed by atoms with E-state index in [1.165, 1.54) is 6.07 Å². The maximum atomic E-state index is 13.8. The van der Waals surface area contributed by atoms with Crippen LogP contribution in [0.3, 0.4) is 0 Å². The van der Waals surface area contributed by atoms with Crippen molar-refractivity contribution in [2.75, 3.05) is 19.6 Å². The summed E-state index contributed by atoms with van der Waals surface area (Å²) in [6.45, 7) is 5.10. The molecule has 6 heteroatoms. The smallest absolute Gasteiger partial charge is 0.219 e. The molecule has 1 amide bonds. The number of piperidine rings is 1. The van der Waals surface area contributed by atoms with Crippen LogP contribution in [0.2, 0.25) is 5.02 Å². The Morgan fingerprint density at radius 1 is 1.25 bits per heavy atom. The van der Waals surface area contributed by atoms with Crippen molar-refractivity contribution in [3.05, 3.63) is 64.4 Å². The van der Waals surface area contributed by atoms with Crippen LogP contribution < -0.4 is 10.1 Å². The predicted molar refractivity (Wildman–Crippen MR) is 109 cm³/mol. The molecule has 2 aromatic rings. The lowest BCUT2D eigenvalue weighted by atomic mass is 9.96. The molecule has 0 bridgehead atoms. The zero-order valence-corrected chi connectivity index (χ0v) is 16.8.